The van der Waals surface area contributed by atoms with Gasteiger partial charge < -0.3 is 20.1 Å². The summed E-state index contributed by atoms with van der Waals surface area (Å²) in [7, 11) is 1.69. The number of ether oxygens (including phenoxy) is 2. The standard InChI is InChI=1S/C22H34N6O3.HI/c1-3-23-21(25-18-9-6-10-19(17-18)31-16-8-15-30-2)24-12-7-14-28-22(29)27-13-5-4-11-20(27)26-28;/h6,9-10,17H,3-5,7-8,11-16H2,1-2H3,(H2,23,24,25);1H. The van der Waals surface area contributed by atoms with Crippen molar-refractivity contribution >= 4 is 35.6 Å². The molecular formula is C22H35IN6O3. The summed E-state index contributed by atoms with van der Waals surface area (Å²) in [4.78, 5) is 17.1. The van der Waals surface area contributed by atoms with Crippen LogP contribution in [0, 0.1) is 0 Å². The van der Waals surface area contributed by atoms with Gasteiger partial charge in [0.25, 0.3) is 0 Å². The van der Waals surface area contributed by atoms with Gasteiger partial charge >= 0.3 is 5.69 Å². The Kier molecular flexibility index (Phi) is 11.6. The molecule has 0 saturated heterocycles. The van der Waals surface area contributed by atoms with Crippen LogP contribution in [0.25, 0.3) is 0 Å². The maximum atomic E-state index is 12.4. The van der Waals surface area contributed by atoms with Crippen molar-refractivity contribution in [2.75, 3.05) is 38.7 Å². The molecule has 1 aromatic heterocycles. The van der Waals surface area contributed by atoms with Crippen LogP contribution in [0.4, 0.5) is 5.69 Å². The van der Waals surface area contributed by atoms with Crippen LogP contribution in [-0.4, -0.2) is 53.7 Å². The predicted molar refractivity (Wildman–Crippen MR) is 137 cm³/mol. The van der Waals surface area contributed by atoms with Gasteiger partial charge in [-0.25, -0.2) is 9.48 Å². The number of halogens is 1. The first-order valence-electron chi connectivity index (χ1n) is 11.1. The third-order valence-electron chi connectivity index (χ3n) is 5.03. The number of guanidine groups is 1. The molecule has 0 atom stereocenters. The quantitative estimate of drug-likeness (QED) is 0.191. The lowest BCUT2D eigenvalue weighted by Crippen LogP contribution is -2.31. The number of aryl methyl sites for hydroxylation is 2. The average molecular weight is 558 g/mol. The zero-order chi connectivity index (χ0) is 21.9. The maximum absolute atomic E-state index is 12.4. The second kappa shape index (κ2) is 14.1. The van der Waals surface area contributed by atoms with Crippen molar-refractivity contribution in [3.8, 4) is 5.75 Å². The van der Waals surface area contributed by atoms with Crippen LogP contribution in [0.15, 0.2) is 34.1 Å². The summed E-state index contributed by atoms with van der Waals surface area (Å²) in [5, 5.41) is 11.1. The number of nitrogens with one attached hydrogen (secondary N) is 2. The molecule has 32 heavy (non-hydrogen) atoms. The fraction of sp³-hybridized carbons (Fsp3) is 0.591. The zero-order valence-corrected chi connectivity index (χ0v) is 21.3. The first kappa shape index (κ1) is 26.2. The van der Waals surface area contributed by atoms with E-state index in [0.29, 0.717) is 32.3 Å². The Labute approximate surface area is 206 Å². The number of methoxy groups -OCH3 is 1. The van der Waals surface area contributed by atoms with Gasteiger partial charge in [0.05, 0.1) is 6.61 Å². The van der Waals surface area contributed by atoms with Crippen LogP contribution in [0.5, 0.6) is 5.75 Å². The summed E-state index contributed by atoms with van der Waals surface area (Å²) in [5.74, 6) is 2.43. The van der Waals surface area contributed by atoms with Gasteiger partial charge in [0.15, 0.2) is 5.96 Å². The Hall–Kier alpha value is -2.08. The van der Waals surface area contributed by atoms with Gasteiger partial charge in [0.1, 0.15) is 11.6 Å². The summed E-state index contributed by atoms with van der Waals surface area (Å²) in [5.41, 5.74) is 0.910. The fourth-order valence-electron chi connectivity index (χ4n) is 3.51. The molecule has 2 heterocycles. The highest BCUT2D eigenvalue weighted by Crippen LogP contribution is 2.17. The third-order valence-corrected chi connectivity index (χ3v) is 5.03. The second-order valence-electron chi connectivity index (χ2n) is 7.49. The summed E-state index contributed by atoms with van der Waals surface area (Å²) in [6.07, 6.45) is 4.65. The minimum atomic E-state index is 0. The van der Waals surface area contributed by atoms with E-state index in [0.717, 1.165) is 62.5 Å². The van der Waals surface area contributed by atoms with Crippen molar-refractivity contribution in [1.29, 1.82) is 0 Å². The van der Waals surface area contributed by atoms with Crippen molar-refractivity contribution in [2.24, 2.45) is 4.99 Å². The van der Waals surface area contributed by atoms with Crippen LogP contribution in [0.1, 0.15) is 38.4 Å². The smallest absolute Gasteiger partial charge is 0.345 e. The Morgan fingerprint density at radius 3 is 2.91 bits per heavy atom. The average Bonchev–Trinajstić information content (AvgIpc) is 3.10. The van der Waals surface area contributed by atoms with Crippen LogP contribution < -0.4 is 21.1 Å². The lowest BCUT2D eigenvalue weighted by Gasteiger charge is -2.13. The van der Waals surface area contributed by atoms with Crippen LogP contribution in [0.3, 0.4) is 0 Å². The van der Waals surface area contributed by atoms with E-state index < -0.39 is 0 Å². The highest BCUT2D eigenvalue weighted by Gasteiger charge is 2.16. The summed E-state index contributed by atoms with van der Waals surface area (Å²) in [6.45, 7) is 6.04. The molecule has 10 heteroatoms. The van der Waals surface area contributed by atoms with Gasteiger partial charge in [-0.15, -0.1) is 24.0 Å². The third kappa shape index (κ3) is 7.80. The fourth-order valence-corrected chi connectivity index (χ4v) is 3.51. The number of nitrogens with zero attached hydrogens (tertiary/aromatic N) is 4. The summed E-state index contributed by atoms with van der Waals surface area (Å²) >= 11 is 0. The number of anilines is 1. The van der Waals surface area contributed by atoms with Crippen molar-refractivity contribution in [1.82, 2.24) is 19.7 Å². The number of hydrogen-bond donors (Lipinski definition) is 2. The molecule has 0 saturated carbocycles. The van der Waals surface area contributed by atoms with E-state index in [2.05, 4.69) is 20.7 Å². The topological polar surface area (TPSA) is 94.7 Å². The number of aromatic nitrogens is 3. The Morgan fingerprint density at radius 1 is 1.25 bits per heavy atom. The van der Waals surface area contributed by atoms with Crippen LogP contribution >= 0.6 is 24.0 Å². The van der Waals surface area contributed by atoms with Crippen LogP contribution in [-0.2, 0) is 24.2 Å². The van der Waals surface area contributed by atoms with E-state index in [4.69, 9.17) is 9.47 Å². The van der Waals surface area contributed by atoms with Crippen molar-refractivity contribution in [3.63, 3.8) is 0 Å². The number of aliphatic imine (C=N–C) groups is 1. The van der Waals surface area contributed by atoms with Gasteiger partial charge in [-0.3, -0.25) is 9.56 Å². The number of hydrogen-bond acceptors (Lipinski definition) is 5. The number of rotatable bonds is 11. The molecule has 1 aliphatic heterocycles. The summed E-state index contributed by atoms with van der Waals surface area (Å²) in [6, 6.07) is 7.81. The van der Waals surface area contributed by atoms with E-state index in [1.165, 1.54) is 0 Å². The highest BCUT2D eigenvalue weighted by molar-refractivity contribution is 14.0. The van der Waals surface area contributed by atoms with E-state index in [1.54, 1.807) is 11.8 Å². The van der Waals surface area contributed by atoms with Crippen molar-refractivity contribution in [2.45, 2.75) is 52.1 Å². The largest absolute Gasteiger partial charge is 0.493 e. The lowest BCUT2D eigenvalue weighted by atomic mass is 10.2. The molecule has 3 rings (SSSR count). The number of fused-ring (bicyclic) bond motifs is 1. The molecule has 9 nitrogen and oxygen atoms in total. The molecule has 2 N–H and O–H groups in total. The zero-order valence-electron chi connectivity index (χ0n) is 19.0. The monoisotopic (exact) mass is 558 g/mol. The molecule has 0 spiro atoms. The van der Waals surface area contributed by atoms with Gasteiger partial charge in [0.2, 0.25) is 0 Å². The molecule has 0 fully saturated rings. The highest BCUT2D eigenvalue weighted by atomic mass is 127. The molecule has 0 radical (unpaired) electrons. The summed E-state index contributed by atoms with van der Waals surface area (Å²) < 4.78 is 14.2. The molecule has 0 aliphatic carbocycles. The SMILES string of the molecule is CCNC(=NCCCn1nc2n(c1=O)CCCC2)Nc1cccc(OCCCOC)c1.I. The minimum Gasteiger partial charge on any atom is -0.493 e. The van der Waals surface area contributed by atoms with Gasteiger partial charge in [0, 0.05) is 64.5 Å². The molecule has 1 aromatic carbocycles. The van der Waals surface area contributed by atoms with Crippen molar-refractivity contribution < 1.29 is 9.47 Å². The van der Waals surface area contributed by atoms with E-state index >= 15 is 0 Å². The Balaban J connectivity index is 0.00000363. The molecule has 0 bridgehead atoms. The first-order chi connectivity index (χ1) is 15.2. The molecule has 1 aliphatic rings. The molecule has 2 aromatic rings. The first-order valence-corrected chi connectivity index (χ1v) is 11.1. The van der Waals surface area contributed by atoms with Gasteiger partial charge in [-0.1, -0.05) is 6.07 Å². The molecular weight excluding hydrogens is 523 g/mol. The minimum absolute atomic E-state index is 0. The normalized spacial score (nSPS) is 13.2. The van der Waals surface area contributed by atoms with Gasteiger partial charge in [-0.05, 0) is 38.3 Å². The van der Waals surface area contributed by atoms with E-state index in [9.17, 15) is 4.79 Å². The van der Waals surface area contributed by atoms with E-state index in [1.807, 2.05) is 35.8 Å². The Bertz CT molecular complexity index is 911. The Morgan fingerprint density at radius 2 is 2.12 bits per heavy atom. The number of benzene rings is 1. The molecule has 178 valence electrons. The van der Waals surface area contributed by atoms with E-state index in [-0.39, 0.29) is 29.7 Å². The predicted octanol–water partition coefficient (Wildman–Crippen LogP) is 2.88. The van der Waals surface area contributed by atoms with Crippen molar-refractivity contribution in [3.05, 3.63) is 40.6 Å². The molecule has 0 amide bonds. The maximum Gasteiger partial charge on any atom is 0.345 e. The lowest BCUT2D eigenvalue weighted by molar-refractivity contribution is 0.172. The van der Waals surface area contributed by atoms with Gasteiger partial charge in [-0.2, -0.15) is 5.10 Å². The second-order valence-corrected chi connectivity index (χ2v) is 7.49. The van der Waals surface area contributed by atoms with Crippen LogP contribution in [0.2, 0.25) is 0 Å². The molecule has 0 unspecified atom stereocenters.